The van der Waals surface area contributed by atoms with Crippen LogP contribution in [0.2, 0.25) is 0 Å². The van der Waals surface area contributed by atoms with Crippen LogP contribution in [0, 0.1) is 6.92 Å². The van der Waals surface area contributed by atoms with Crippen molar-refractivity contribution in [2.75, 3.05) is 7.05 Å². The minimum atomic E-state index is 0.282. The molecular weight excluding hydrogens is 278 g/mol. The van der Waals surface area contributed by atoms with Gasteiger partial charge in [0.1, 0.15) is 0 Å². The van der Waals surface area contributed by atoms with E-state index in [1.54, 1.807) is 11.8 Å². The maximum Gasteiger partial charge on any atom is 0.188 e. The average molecular weight is 301 g/mol. The van der Waals surface area contributed by atoms with Gasteiger partial charge in [-0.2, -0.15) is 0 Å². The van der Waals surface area contributed by atoms with Gasteiger partial charge in [0.15, 0.2) is 5.16 Å². The molecule has 3 nitrogen and oxygen atoms in total. The van der Waals surface area contributed by atoms with E-state index in [-0.39, 0.29) is 6.04 Å². The molecule has 1 heterocycles. The summed E-state index contributed by atoms with van der Waals surface area (Å²) in [5, 5.41) is 4.61. The van der Waals surface area contributed by atoms with Crippen molar-refractivity contribution in [1.29, 1.82) is 0 Å². The maximum atomic E-state index is 4.47. The van der Waals surface area contributed by atoms with Crippen molar-refractivity contribution in [3.05, 3.63) is 53.3 Å². The van der Waals surface area contributed by atoms with Gasteiger partial charge in [0, 0.05) is 23.2 Å². The summed E-state index contributed by atoms with van der Waals surface area (Å²) in [6.07, 6.45) is 2.90. The molecule has 0 spiro atoms. The summed E-state index contributed by atoms with van der Waals surface area (Å²) >= 11 is 1.71. The number of aryl methyl sites for hydroxylation is 2. The molecule has 0 aliphatic rings. The molecule has 0 aliphatic carbocycles. The summed E-state index contributed by atoms with van der Waals surface area (Å²) in [6.45, 7) is 6.39. The van der Waals surface area contributed by atoms with Crippen LogP contribution in [0.15, 0.2) is 41.7 Å². The van der Waals surface area contributed by atoms with Gasteiger partial charge in [-0.1, -0.05) is 49.9 Å². The lowest BCUT2D eigenvalue weighted by Crippen LogP contribution is -2.25. The quantitative estimate of drug-likeness (QED) is 0.651. The zero-order valence-electron chi connectivity index (χ0n) is 13.1. The second kappa shape index (κ2) is 7.57. The fraction of sp³-hybridized carbons (Fsp3) is 0.412. The van der Waals surface area contributed by atoms with Crippen LogP contribution in [-0.4, -0.2) is 22.3 Å². The molecule has 0 amide bonds. The average Bonchev–Trinajstić information content (AvgIpc) is 2.48. The molecule has 0 saturated heterocycles. The van der Waals surface area contributed by atoms with E-state index in [0.717, 1.165) is 17.3 Å². The molecule has 2 atom stereocenters. The van der Waals surface area contributed by atoms with Crippen LogP contribution in [-0.2, 0) is 6.42 Å². The molecule has 0 bridgehead atoms. The van der Waals surface area contributed by atoms with Crippen LogP contribution in [0.4, 0.5) is 0 Å². The van der Waals surface area contributed by atoms with E-state index in [9.17, 15) is 0 Å². The van der Waals surface area contributed by atoms with Crippen molar-refractivity contribution in [3.8, 4) is 0 Å². The Kier molecular flexibility index (Phi) is 5.76. The number of nitrogens with one attached hydrogen (secondary N) is 1. The fourth-order valence-electron chi connectivity index (χ4n) is 2.35. The topological polar surface area (TPSA) is 37.8 Å². The van der Waals surface area contributed by atoms with Crippen LogP contribution in [0.5, 0.6) is 0 Å². The van der Waals surface area contributed by atoms with Crippen LogP contribution in [0.3, 0.4) is 0 Å². The largest absolute Gasteiger partial charge is 0.312 e. The summed E-state index contributed by atoms with van der Waals surface area (Å²) < 4.78 is 0. The molecule has 1 aromatic carbocycles. The van der Waals surface area contributed by atoms with Crippen molar-refractivity contribution in [1.82, 2.24) is 15.3 Å². The summed E-state index contributed by atoms with van der Waals surface area (Å²) in [4.78, 5) is 8.82. The zero-order chi connectivity index (χ0) is 15.2. The molecule has 2 unspecified atom stereocenters. The van der Waals surface area contributed by atoms with E-state index < -0.39 is 0 Å². The van der Waals surface area contributed by atoms with Crippen LogP contribution >= 0.6 is 11.8 Å². The number of benzene rings is 1. The third-order valence-electron chi connectivity index (χ3n) is 3.59. The van der Waals surface area contributed by atoms with Crippen molar-refractivity contribution in [2.45, 2.75) is 43.6 Å². The smallest absolute Gasteiger partial charge is 0.188 e. The Labute approximate surface area is 131 Å². The van der Waals surface area contributed by atoms with Gasteiger partial charge in [-0.05, 0) is 37.6 Å². The van der Waals surface area contributed by atoms with E-state index in [1.165, 1.54) is 11.1 Å². The Morgan fingerprint density at radius 1 is 1.19 bits per heavy atom. The summed E-state index contributed by atoms with van der Waals surface area (Å²) in [7, 11) is 2.01. The Morgan fingerprint density at radius 2 is 1.90 bits per heavy atom. The molecule has 21 heavy (non-hydrogen) atoms. The van der Waals surface area contributed by atoms with Gasteiger partial charge >= 0.3 is 0 Å². The van der Waals surface area contributed by atoms with E-state index >= 15 is 0 Å². The highest BCUT2D eigenvalue weighted by molar-refractivity contribution is 7.99. The normalized spacial score (nSPS) is 13.9. The minimum absolute atomic E-state index is 0.282. The first-order valence-corrected chi connectivity index (χ1v) is 8.24. The maximum absolute atomic E-state index is 4.47. The number of hydrogen-bond donors (Lipinski definition) is 1. The molecule has 2 aromatic rings. The minimum Gasteiger partial charge on any atom is -0.312 e. The monoisotopic (exact) mass is 301 g/mol. The van der Waals surface area contributed by atoms with Gasteiger partial charge in [-0.15, -0.1) is 0 Å². The van der Waals surface area contributed by atoms with E-state index in [4.69, 9.17) is 0 Å². The number of hydrogen-bond acceptors (Lipinski definition) is 4. The van der Waals surface area contributed by atoms with Crippen LogP contribution in [0.1, 0.15) is 36.7 Å². The first-order chi connectivity index (χ1) is 10.1. The van der Waals surface area contributed by atoms with E-state index in [2.05, 4.69) is 53.4 Å². The Balaban J connectivity index is 2.12. The van der Waals surface area contributed by atoms with Crippen LogP contribution < -0.4 is 5.32 Å². The second-order valence-corrected chi connectivity index (χ2v) is 6.51. The van der Waals surface area contributed by atoms with E-state index in [0.29, 0.717) is 5.25 Å². The third-order valence-corrected chi connectivity index (χ3v) is 4.64. The number of thioether (sulfide) groups is 1. The Hall–Kier alpha value is -1.39. The molecular formula is C17H23N3S. The standard InChI is InChI=1S/C17H23N3S/c1-5-14-6-8-15(9-7-14)16(18-4)13(3)21-17-19-11-10-12(2)20-17/h6-11,13,16,18H,5H2,1-4H3. The highest BCUT2D eigenvalue weighted by atomic mass is 32.2. The molecule has 112 valence electrons. The van der Waals surface area contributed by atoms with Gasteiger partial charge in [-0.3, -0.25) is 0 Å². The van der Waals surface area contributed by atoms with Crippen molar-refractivity contribution in [2.24, 2.45) is 0 Å². The van der Waals surface area contributed by atoms with Crippen molar-refractivity contribution in [3.63, 3.8) is 0 Å². The SMILES string of the molecule is CCc1ccc(C(NC)C(C)Sc2nccc(C)n2)cc1. The number of rotatable bonds is 6. The number of nitrogens with zero attached hydrogens (tertiary/aromatic N) is 2. The summed E-state index contributed by atoms with van der Waals surface area (Å²) in [5.74, 6) is 0. The van der Waals surface area contributed by atoms with Gasteiger partial charge in [-0.25, -0.2) is 9.97 Å². The predicted molar refractivity (Wildman–Crippen MR) is 89.7 cm³/mol. The molecule has 1 N–H and O–H groups in total. The second-order valence-electron chi connectivity index (χ2n) is 5.17. The summed E-state index contributed by atoms with van der Waals surface area (Å²) in [5.41, 5.74) is 3.69. The molecule has 0 aliphatic heterocycles. The molecule has 0 saturated carbocycles. The van der Waals surface area contributed by atoms with Gasteiger partial charge < -0.3 is 5.32 Å². The predicted octanol–water partition coefficient (Wildman–Crippen LogP) is 3.79. The van der Waals surface area contributed by atoms with Gasteiger partial charge in [0.05, 0.1) is 0 Å². The first-order valence-electron chi connectivity index (χ1n) is 7.36. The highest BCUT2D eigenvalue weighted by Gasteiger charge is 2.19. The van der Waals surface area contributed by atoms with Gasteiger partial charge in [0.25, 0.3) is 0 Å². The van der Waals surface area contributed by atoms with Crippen LogP contribution in [0.25, 0.3) is 0 Å². The molecule has 2 rings (SSSR count). The lowest BCUT2D eigenvalue weighted by Gasteiger charge is -2.23. The van der Waals surface area contributed by atoms with Crippen molar-refractivity contribution < 1.29 is 0 Å². The van der Waals surface area contributed by atoms with E-state index in [1.807, 2.05) is 26.2 Å². The lowest BCUT2D eigenvalue weighted by atomic mass is 10.0. The fourth-order valence-corrected chi connectivity index (χ4v) is 3.43. The molecule has 0 fully saturated rings. The van der Waals surface area contributed by atoms with Crippen molar-refractivity contribution >= 4 is 11.8 Å². The first kappa shape index (κ1) is 16.0. The summed E-state index contributed by atoms with van der Waals surface area (Å²) in [6, 6.07) is 11.1. The third kappa shape index (κ3) is 4.29. The molecule has 0 radical (unpaired) electrons. The zero-order valence-corrected chi connectivity index (χ0v) is 13.9. The molecule has 1 aromatic heterocycles. The number of aromatic nitrogens is 2. The highest BCUT2D eigenvalue weighted by Crippen LogP contribution is 2.30. The Bertz CT molecular complexity index is 569. The lowest BCUT2D eigenvalue weighted by molar-refractivity contribution is 0.588. The Morgan fingerprint density at radius 3 is 2.48 bits per heavy atom. The molecule has 4 heteroatoms. The van der Waals surface area contributed by atoms with Gasteiger partial charge in [0.2, 0.25) is 0 Å².